The van der Waals surface area contributed by atoms with Crippen LogP contribution in [0, 0.1) is 13.8 Å². The van der Waals surface area contributed by atoms with Crippen molar-refractivity contribution in [3.05, 3.63) is 47.5 Å². The number of ether oxygens (including phenoxy) is 1. The normalized spacial score (nSPS) is 19.0. The summed E-state index contributed by atoms with van der Waals surface area (Å²) in [5.74, 6) is -0.277. The van der Waals surface area contributed by atoms with Crippen LogP contribution in [-0.4, -0.2) is 43.7 Å². The topological polar surface area (TPSA) is 105 Å². The minimum Gasteiger partial charge on any atom is -0.482 e. The summed E-state index contributed by atoms with van der Waals surface area (Å²) in [7, 11) is -3.93. The average molecular weight is 429 g/mol. The molecule has 2 heterocycles. The third-order valence-electron chi connectivity index (χ3n) is 5.34. The van der Waals surface area contributed by atoms with E-state index in [1.807, 2.05) is 32.0 Å². The Kier molecular flexibility index (Phi) is 5.25. The Morgan fingerprint density at radius 3 is 2.77 bits per heavy atom. The maximum atomic E-state index is 13.3. The number of carbonyl (C=O) groups excluding carboxylic acids is 2. The number of hydrogen-bond acceptors (Lipinski definition) is 5. The van der Waals surface area contributed by atoms with E-state index in [1.54, 1.807) is 0 Å². The van der Waals surface area contributed by atoms with Gasteiger partial charge in [-0.15, -0.1) is 0 Å². The monoisotopic (exact) mass is 429 g/mol. The largest absolute Gasteiger partial charge is 0.482 e. The van der Waals surface area contributed by atoms with Crippen LogP contribution < -0.4 is 15.4 Å². The van der Waals surface area contributed by atoms with Crippen LogP contribution in [0.1, 0.15) is 24.0 Å². The van der Waals surface area contributed by atoms with E-state index >= 15 is 0 Å². The van der Waals surface area contributed by atoms with Crippen molar-refractivity contribution in [2.45, 2.75) is 37.6 Å². The van der Waals surface area contributed by atoms with Gasteiger partial charge in [0.05, 0.1) is 10.6 Å². The number of nitrogens with one attached hydrogen (secondary N) is 2. The van der Waals surface area contributed by atoms with Crippen LogP contribution in [0.4, 0.5) is 11.4 Å². The summed E-state index contributed by atoms with van der Waals surface area (Å²) in [5.41, 5.74) is 2.98. The van der Waals surface area contributed by atoms with Crippen LogP contribution in [0.5, 0.6) is 5.75 Å². The van der Waals surface area contributed by atoms with E-state index in [1.165, 1.54) is 22.5 Å². The summed E-state index contributed by atoms with van der Waals surface area (Å²) in [6.45, 7) is 4.02. The molecule has 2 amide bonds. The van der Waals surface area contributed by atoms with E-state index in [2.05, 4.69) is 10.6 Å². The van der Waals surface area contributed by atoms with Crippen molar-refractivity contribution in [3.63, 3.8) is 0 Å². The molecule has 2 N–H and O–H groups in total. The molecule has 0 saturated carbocycles. The van der Waals surface area contributed by atoms with Crippen LogP contribution in [0.2, 0.25) is 0 Å². The number of anilines is 2. The lowest BCUT2D eigenvalue weighted by Gasteiger charge is -2.25. The van der Waals surface area contributed by atoms with Gasteiger partial charge in [0.2, 0.25) is 15.9 Å². The molecule has 158 valence electrons. The van der Waals surface area contributed by atoms with Gasteiger partial charge in [-0.2, -0.15) is 4.31 Å². The molecule has 30 heavy (non-hydrogen) atoms. The first kappa shape index (κ1) is 20.4. The van der Waals surface area contributed by atoms with E-state index in [4.69, 9.17) is 4.74 Å². The number of aryl methyl sites for hydroxylation is 2. The lowest BCUT2D eigenvalue weighted by atomic mass is 10.1. The highest BCUT2D eigenvalue weighted by Crippen LogP contribution is 2.33. The van der Waals surface area contributed by atoms with Gasteiger partial charge in [0.15, 0.2) is 6.61 Å². The zero-order valence-electron chi connectivity index (χ0n) is 16.8. The van der Waals surface area contributed by atoms with Gasteiger partial charge in [0, 0.05) is 12.2 Å². The molecule has 1 saturated heterocycles. The second kappa shape index (κ2) is 7.73. The molecule has 8 nitrogen and oxygen atoms in total. The Bertz CT molecular complexity index is 1130. The molecule has 0 spiro atoms. The van der Waals surface area contributed by atoms with E-state index in [-0.39, 0.29) is 29.9 Å². The number of fused-ring (bicyclic) bond motifs is 1. The van der Waals surface area contributed by atoms with Crippen molar-refractivity contribution >= 4 is 33.2 Å². The second-order valence-electron chi connectivity index (χ2n) is 7.58. The van der Waals surface area contributed by atoms with Crippen LogP contribution in [-0.2, 0) is 19.6 Å². The van der Waals surface area contributed by atoms with Crippen LogP contribution in [0.3, 0.4) is 0 Å². The number of benzene rings is 2. The molecule has 2 aromatic rings. The SMILES string of the molecule is Cc1ccc(NC(=O)C2CCCN2S(=O)(=O)c2ccc3c(c2)NC(=O)CO3)c(C)c1. The minimum absolute atomic E-state index is 0.0123. The van der Waals surface area contributed by atoms with Gasteiger partial charge in [-0.25, -0.2) is 8.42 Å². The highest BCUT2D eigenvalue weighted by molar-refractivity contribution is 7.89. The van der Waals surface area contributed by atoms with Crippen LogP contribution in [0.15, 0.2) is 41.3 Å². The molecule has 1 fully saturated rings. The van der Waals surface area contributed by atoms with Gasteiger partial charge in [-0.3, -0.25) is 9.59 Å². The first-order valence-corrected chi connectivity index (χ1v) is 11.2. The zero-order chi connectivity index (χ0) is 21.5. The van der Waals surface area contributed by atoms with E-state index in [0.29, 0.717) is 30.0 Å². The zero-order valence-corrected chi connectivity index (χ0v) is 17.6. The summed E-state index contributed by atoms with van der Waals surface area (Å²) in [6.07, 6.45) is 1.04. The fourth-order valence-corrected chi connectivity index (χ4v) is 5.50. The number of hydrogen-bond donors (Lipinski definition) is 2. The third-order valence-corrected chi connectivity index (χ3v) is 7.24. The van der Waals surface area contributed by atoms with Gasteiger partial charge >= 0.3 is 0 Å². The molecule has 0 aromatic heterocycles. The number of nitrogens with zero attached hydrogens (tertiary/aromatic N) is 1. The Morgan fingerprint density at radius 1 is 1.20 bits per heavy atom. The number of sulfonamides is 1. The summed E-state index contributed by atoms with van der Waals surface area (Å²) in [6, 6.07) is 9.21. The quantitative estimate of drug-likeness (QED) is 0.777. The molecule has 1 atom stereocenters. The highest BCUT2D eigenvalue weighted by Gasteiger charge is 2.40. The van der Waals surface area contributed by atoms with Crippen molar-refractivity contribution in [2.24, 2.45) is 0 Å². The third kappa shape index (κ3) is 3.78. The Balaban J connectivity index is 1.58. The van der Waals surface area contributed by atoms with E-state index < -0.39 is 16.1 Å². The summed E-state index contributed by atoms with van der Waals surface area (Å²) >= 11 is 0. The van der Waals surface area contributed by atoms with Crippen LogP contribution >= 0.6 is 0 Å². The molecular weight excluding hydrogens is 406 g/mol. The molecule has 1 unspecified atom stereocenters. The molecule has 2 aliphatic heterocycles. The molecule has 9 heteroatoms. The first-order chi connectivity index (χ1) is 14.3. The molecule has 0 aliphatic carbocycles. The van der Waals surface area contributed by atoms with Crippen molar-refractivity contribution in [3.8, 4) is 5.75 Å². The Morgan fingerprint density at radius 2 is 2.00 bits per heavy atom. The van der Waals surface area contributed by atoms with Crippen molar-refractivity contribution in [1.29, 1.82) is 0 Å². The van der Waals surface area contributed by atoms with E-state index in [0.717, 1.165) is 11.1 Å². The van der Waals surface area contributed by atoms with Crippen LogP contribution in [0.25, 0.3) is 0 Å². The summed E-state index contributed by atoms with van der Waals surface area (Å²) in [5, 5.41) is 5.48. The van der Waals surface area contributed by atoms with Gasteiger partial charge in [-0.1, -0.05) is 17.7 Å². The number of amides is 2. The molecule has 2 aromatic carbocycles. The second-order valence-corrected chi connectivity index (χ2v) is 9.47. The predicted octanol–water partition coefficient (Wildman–Crippen LogP) is 2.43. The summed E-state index contributed by atoms with van der Waals surface area (Å²) < 4.78 is 33.1. The van der Waals surface area contributed by atoms with Gasteiger partial charge in [-0.05, 0) is 56.5 Å². The van der Waals surface area contributed by atoms with Gasteiger partial charge in [0.1, 0.15) is 11.8 Å². The highest BCUT2D eigenvalue weighted by atomic mass is 32.2. The minimum atomic E-state index is -3.93. The summed E-state index contributed by atoms with van der Waals surface area (Å²) in [4.78, 5) is 24.5. The van der Waals surface area contributed by atoms with Gasteiger partial charge < -0.3 is 15.4 Å². The molecule has 0 bridgehead atoms. The Labute approximate surface area is 175 Å². The maximum Gasteiger partial charge on any atom is 0.262 e. The fourth-order valence-electron chi connectivity index (χ4n) is 3.82. The van der Waals surface area contributed by atoms with Crippen molar-refractivity contribution in [2.75, 3.05) is 23.8 Å². The fraction of sp³-hybridized carbons (Fsp3) is 0.333. The first-order valence-electron chi connectivity index (χ1n) is 9.72. The van der Waals surface area contributed by atoms with Crippen molar-refractivity contribution < 1.29 is 22.7 Å². The lowest BCUT2D eigenvalue weighted by molar-refractivity contribution is -0.119. The molecule has 0 radical (unpaired) electrons. The molecule has 4 rings (SSSR count). The van der Waals surface area contributed by atoms with Crippen molar-refractivity contribution in [1.82, 2.24) is 4.31 Å². The number of carbonyl (C=O) groups is 2. The predicted molar refractivity (Wildman–Crippen MR) is 112 cm³/mol. The molecule has 2 aliphatic rings. The lowest BCUT2D eigenvalue weighted by Crippen LogP contribution is -2.43. The maximum absolute atomic E-state index is 13.3. The number of rotatable bonds is 4. The Hall–Kier alpha value is -2.91. The van der Waals surface area contributed by atoms with Gasteiger partial charge in [0.25, 0.3) is 5.91 Å². The smallest absolute Gasteiger partial charge is 0.262 e. The van der Waals surface area contributed by atoms with E-state index in [9.17, 15) is 18.0 Å². The average Bonchev–Trinajstić information content (AvgIpc) is 3.20. The standard InChI is InChI=1S/C21H23N3O5S/c1-13-5-7-16(14(2)10-13)23-21(26)18-4-3-9-24(18)30(27,28)15-6-8-19-17(11-15)22-20(25)12-29-19/h5-8,10-11,18H,3-4,9,12H2,1-2H3,(H,22,25)(H,23,26). The molecular formula is C21H23N3O5S.